The molecule has 4 heteroatoms. The lowest BCUT2D eigenvalue weighted by Gasteiger charge is -2.19. The van der Waals surface area contributed by atoms with Gasteiger partial charge in [0.25, 0.3) is 0 Å². The third-order valence-electron chi connectivity index (χ3n) is 2.90. The Morgan fingerprint density at radius 3 is 2.29 bits per heavy atom. The molecule has 0 heterocycles. The Morgan fingerprint density at radius 2 is 1.62 bits per heavy atom. The number of amides is 1. The van der Waals surface area contributed by atoms with Crippen LogP contribution in [0.3, 0.4) is 0 Å². The lowest BCUT2D eigenvalue weighted by Crippen LogP contribution is -2.32. The van der Waals surface area contributed by atoms with E-state index in [0.29, 0.717) is 6.54 Å². The topological polar surface area (TPSA) is 50.4 Å². The van der Waals surface area contributed by atoms with Crippen LogP contribution in [0.5, 0.6) is 0 Å². The zero-order valence-electron chi connectivity index (χ0n) is 14.3. The summed E-state index contributed by atoms with van der Waals surface area (Å²) < 4.78 is 5.14. The van der Waals surface area contributed by atoms with E-state index in [1.165, 1.54) is 38.5 Å². The summed E-state index contributed by atoms with van der Waals surface area (Å²) in [5.74, 6) is 0. The Bertz CT molecular complexity index is 283. The maximum Gasteiger partial charge on any atom is 0.407 e. The number of carbonyl (C=O) groups is 1. The third-order valence-corrected chi connectivity index (χ3v) is 2.90. The second-order valence-corrected chi connectivity index (χ2v) is 6.33. The molecule has 0 aliphatic carbocycles. The van der Waals surface area contributed by atoms with Crippen LogP contribution >= 0.6 is 0 Å². The second-order valence-electron chi connectivity index (χ2n) is 6.33. The standard InChI is InChI=1S/C17H34N2O2/c1-5-6-7-8-9-10-13-18-14-11-12-15-19-16(20)21-17(2,3)4/h11-12,18H,5-10,13-15H2,1-4H3,(H,19,20)/b12-11+. The predicted octanol–water partition coefficient (Wildman–Crippen LogP) is 4.02. The lowest BCUT2D eigenvalue weighted by molar-refractivity contribution is 0.0534. The molecule has 0 saturated carbocycles. The molecule has 0 radical (unpaired) electrons. The van der Waals surface area contributed by atoms with Gasteiger partial charge in [-0.15, -0.1) is 0 Å². The van der Waals surface area contributed by atoms with E-state index in [0.717, 1.165) is 13.1 Å². The van der Waals surface area contributed by atoms with Crippen LogP contribution in [0.15, 0.2) is 12.2 Å². The summed E-state index contributed by atoms with van der Waals surface area (Å²) >= 11 is 0. The normalized spacial score (nSPS) is 11.8. The van der Waals surface area contributed by atoms with E-state index in [1.54, 1.807) is 0 Å². The smallest absolute Gasteiger partial charge is 0.407 e. The molecule has 0 spiro atoms. The number of alkyl carbamates (subject to hydrolysis) is 1. The summed E-state index contributed by atoms with van der Waals surface area (Å²) in [6.07, 6.45) is 11.6. The average Bonchev–Trinajstić information content (AvgIpc) is 2.38. The van der Waals surface area contributed by atoms with Crippen molar-refractivity contribution < 1.29 is 9.53 Å². The van der Waals surface area contributed by atoms with Gasteiger partial charge in [-0.25, -0.2) is 4.79 Å². The molecule has 0 bridgehead atoms. The number of rotatable bonds is 11. The van der Waals surface area contributed by atoms with E-state index in [1.807, 2.05) is 32.9 Å². The molecule has 0 rings (SSSR count). The van der Waals surface area contributed by atoms with Crippen molar-refractivity contribution in [2.75, 3.05) is 19.6 Å². The Labute approximate surface area is 130 Å². The van der Waals surface area contributed by atoms with Gasteiger partial charge in [0.05, 0.1) is 0 Å². The zero-order valence-corrected chi connectivity index (χ0v) is 14.3. The molecule has 0 aromatic rings. The Morgan fingerprint density at radius 1 is 1.00 bits per heavy atom. The molecule has 124 valence electrons. The van der Waals surface area contributed by atoms with Gasteiger partial charge >= 0.3 is 6.09 Å². The Hall–Kier alpha value is -1.03. The summed E-state index contributed by atoms with van der Waals surface area (Å²) in [6, 6.07) is 0. The molecule has 1 amide bonds. The molecule has 21 heavy (non-hydrogen) atoms. The van der Waals surface area contributed by atoms with Gasteiger partial charge in [0.2, 0.25) is 0 Å². The number of ether oxygens (including phenoxy) is 1. The van der Waals surface area contributed by atoms with Crippen molar-refractivity contribution in [1.29, 1.82) is 0 Å². The van der Waals surface area contributed by atoms with Gasteiger partial charge in [-0.2, -0.15) is 0 Å². The highest BCUT2D eigenvalue weighted by atomic mass is 16.6. The van der Waals surface area contributed by atoms with Crippen LogP contribution in [0, 0.1) is 0 Å². The SMILES string of the molecule is CCCCCCCCNC/C=C/CNC(=O)OC(C)(C)C. The summed E-state index contributed by atoms with van der Waals surface area (Å²) in [5.41, 5.74) is -0.438. The highest BCUT2D eigenvalue weighted by Gasteiger charge is 2.14. The minimum atomic E-state index is -0.438. The number of hydrogen-bond donors (Lipinski definition) is 2. The van der Waals surface area contributed by atoms with E-state index in [2.05, 4.69) is 17.6 Å². The van der Waals surface area contributed by atoms with Crippen LogP contribution in [-0.2, 0) is 4.74 Å². The van der Waals surface area contributed by atoms with Crippen LogP contribution in [0.4, 0.5) is 4.79 Å². The minimum Gasteiger partial charge on any atom is -0.444 e. The highest BCUT2D eigenvalue weighted by molar-refractivity contribution is 5.67. The first-order valence-corrected chi connectivity index (χ1v) is 8.28. The molecule has 0 aromatic heterocycles. The van der Waals surface area contributed by atoms with Crippen molar-refractivity contribution in [1.82, 2.24) is 10.6 Å². The van der Waals surface area contributed by atoms with Crippen LogP contribution in [0.2, 0.25) is 0 Å². The van der Waals surface area contributed by atoms with Gasteiger partial charge < -0.3 is 15.4 Å². The molecular weight excluding hydrogens is 264 g/mol. The molecule has 0 aromatic carbocycles. The molecule has 4 nitrogen and oxygen atoms in total. The fraction of sp³-hybridized carbons (Fsp3) is 0.824. The fourth-order valence-electron chi connectivity index (χ4n) is 1.84. The van der Waals surface area contributed by atoms with Gasteiger partial charge in [-0.3, -0.25) is 0 Å². The van der Waals surface area contributed by atoms with E-state index in [9.17, 15) is 4.79 Å². The van der Waals surface area contributed by atoms with Crippen molar-refractivity contribution in [3.05, 3.63) is 12.2 Å². The largest absolute Gasteiger partial charge is 0.444 e. The van der Waals surface area contributed by atoms with Crippen LogP contribution in [-0.4, -0.2) is 31.3 Å². The first-order chi connectivity index (χ1) is 9.95. The van der Waals surface area contributed by atoms with E-state index < -0.39 is 5.60 Å². The number of unbranched alkanes of at least 4 members (excludes halogenated alkanes) is 5. The Balaban J connectivity index is 3.31. The van der Waals surface area contributed by atoms with E-state index in [-0.39, 0.29) is 6.09 Å². The van der Waals surface area contributed by atoms with Gasteiger partial charge in [-0.1, -0.05) is 51.2 Å². The average molecular weight is 298 g/mol. The van der Waals surface area contributed by atoms with Crippen molar-refractivity contribution >= 4 is 6.09 Å². The van der Waals surface area contributed by atoms with E-state index in [4.69, 9.17) is 4.74 Å². The summed E-state index contributed by atoms with van der Waals surface area (Å²) in [5, 5.41) is 6.07. The predicted molar refractivity (Wildman–Crippen MR) is 89.6 cm³/mol. The molecule has 0 aliphatic rings. The molecule has 0 atom stereocenters. The quantitative estimate of drug-likeness (QED) is 0.447. The second kappa shape index (κ2) is 12.7. The van der Waals surface area contributed by atoms with Crippen molar-refractivity contribution in [2.45, 2.75) is 71.8 Å². The molecular formula is C17H34N2O2. The van der Waals surface area contributed by atoms with Crippen LogP contribution in [0.1, 0.15) is 66.2 Å². The van der Waals surface area contributed by atoms with Crippen LogP contribution in [0.25, 0.3) is 0 Å². The first-order valence-electron chi connectivity index (χ1n) is 8.28. The van der Waals surface area contributed by atoms with E-state index >= 15 is 0 Å². The Kier molecular flexibility index (Phi) is 12.1. The van der Waals surface area contributed by atoms with Crippen molar-refractivity contribution in [3.63, 3.8) is 0 Å². The molecule has 2 N–H and O–H groups in total. The number of hydrogen-bond acceptors (Lipinski definition) is 3. The summed E-state index contributed by atoms with van der Waals surface area (Å²) in [7, 11) is 0. The van der Waals surface area contributed by atoms with Crippen molar-refractivity contribution in [3.8, 4) is 0 Å². The first kappa shape index (κ1) is 20.0. The van der Waals surface area contributed by atoms with Gasteiger partial charge in [-0.05, 0) is 33.7 Å². The fourth-order valence-corrected chi connectivity index (χ4v) is 1.84. The third kappa shape index (κ3) is 16.9. The maximum atomic E-state index is 11.4. The maximum absolute atomic E-state index is 11.4. The minimum absolute atomic E-state index is 0.368. The van der Waals surface area contributed by atoms with Crippen LogP contribution < -0.4 is 10.6 Å². The summed E-state index contributed by atoms with van der Waals surface area (Å²) in [4.78, 5) is 11.4. The molecule has 0 unspecified atom stereocenters. The monoisotopic (exact) mass is 298 g/mol. The zero-order chi connectivity index (χ0) is 16.0. The molecule has 0 aliphatic heterocycles. The molecule has 0 saturated heterocycles. The highest BCUT2D eigenvalue weighted by Crippen LogP contribution is 2.06. The summed E-state index contributed by atoms with van der Waals surface area (Å²) in [6.45, 7) is 10.2. The van der Waals surface area contributed by atoms with Gasteiger partial charge in [0.1, 0.15) is 5.60 Å². The lowest BCUT2D eigenvalue weighted by atomic mass is 10.1. The number of carbonyl (C=O) groups excluding carboxylic acids is 1. The van der Waals surface area contributed by atoms with Gasteiger partial charge in [0, 0.05) is 13.1 Å². The number of nitrogens with one attached hydrogen (secondary N) is 2. The van der Waals surface area contributed by atoms with Gasteiger partial charge in [0.15, 0.2) is 0 Å². The van der Waals surface area contributed by atoms with Crippen molar-refractivity contribution in [2.24, 2.45) is 0 Å². The molecule has 0 fully saturated rings.